The van der Waals surface area contributed by atoms with E-state index in [4.69, 9.17) is 5.73 Å². The van der Waals surface area contributed by atoms with E-state index in [0.717, 1.165) is 6.07 Å². The van der Waals surface area contributed by atoms with Gasteiger partial charge in [-0.2, -0.15) is 13.2 Å². The average Bonchev–Trinajstić information content (AvgIpc) is 2.72. The quantitative estimate of drug-likeness (QED) is 0.688. The van der Waals surface area contributed by atoms with Crippen molar-refractivity contribution in [1.29, 1.82) is 0 Å². The minimum Gasteiger partial charge on any atom is -0.383 e. The normalized spacial score (nSPS) is 17.3. The molecule has 0 aromatic carbocycles. The van der Waals surface area contributed by atoms with Crippen LogP contribution in [0.4, 0.5) is 19.0 Å². The zero-order chi connectivity index (χ0) is 21.5. The van der Waals surface area contributed by atoms with E-state index in [1.165, 1.54) is 6.20 Å². The Bertz CT molecular complexity index is 1100. The standard InChI is InChI=1S/C20H19F3N6O/c1-11-26-17(24)16-13(20(21,22)23)9-15(28-18(16)27-11)12-5-4-8-29(10-12)19(30)14-6-2-3-7-25-14/h2-3,6-7,9,12H,4-5,8,10H2,1H3,(H2,24,26,27,28). The van der Waals surface area contributed by atoms with Crippen molar-refractivity contribution in [2.45, 2.75) is 31.9 Å². The van der Waals surface area contributed by atoms with Crippen LogP contribution in [0.25, 0.3) is 11.0 Å². The second-order valence-corrected chi connectivity index (χ2v) is 7.25. The molecule has 156 valence electrons. The first-order valence-electron chi connectivity index (χ1n) is 9.46. The summed E-state index contributed by atoms with van der Waals surface area (Å²) in [5.41, 5.74) is 5.31. The number of piperidine rings is 1. The van der Waals surface area contributed by atoms with Gasteiger partial charge in [-0.3, -0.25) is 9.78 Å². The van der Waals surface area contributed by atoms with Crippen LogP contribution in [0.3, 0.4) is 0 Å². The molecular formula is C20H19F3N6O. The Kier molecular flexibility index (Phi) is 5.00. The number of rotatable bonds is 2. The number of likely N-dealkylation sites (tertiary alicyclic amines) is 1. The van der Waals surface area contributed by atoms with Gasteiger partial charge in [0.15, 0.2) is 5.65 Å². The first-order valence-corrected chi connectivity index (χ1v) is 9.46. The van der Waals surface area contributed by atoms with Crippen molar-refractivity contribution in [3.63, 3.8) is 0 Å². The van der Waals surface area contributed by atoms with Crippen molar-refractivity contribution in [3.05, 3.63) is 53.2 Å². The molecule has 4 heterocycles. The maximum Gasteiger partial charge on any atom is 0.417 e. The minimum atomic E-state index is -4.64. The number of fused-ring (bicyclic) bond motifs is 1. The lowest BCUT2D eigenvalue weighted by Gasteiger charge is -2.32. The van der Waals surface area contributed by atoms with Gasteiger partial charge in [0, 0.05) is 30.9 Å². The number of nitrogens with zero attached hydrogens (tertiary/aromatic N) is 5. The van der Waals surface area contributed by atoms with Gasteiger partial charge in [0.05, 0.1) is 10.9 Å². The van der Waals surface area contributed by atoms with E-state index in [0.29, 0.717) is 25.1 Å². The third-order valence-corrected chi connectivity index (χ3v) is 5.14. The van der Waals surface area contributed by atoms with Gasteiger partial charge in [-0.05, 0) is 38.0 Å². The van der Waals surface area contributed by atoms with Gasteiger partial charge < -0.3 is 10.6 Å². The summed E-state index contributed by atoms with van der Waals surface area (Å²) in [6.07, 6.45) is -1.85. The van der Waals surface area contributed by atoms with Gasteiger partial charge in [0.25, 0.3) is 5.91 Å². The lowest BCUT2D eigenvalue weighted by atomic mass is 9.92. The predicted octanol–water partition coefficient (Wildman–Crippen LogP) is 3.35. The van der Waals surface area contributed by atoms with Gasteiger partial charge in [-0.1, -0.05) is 6.07 Å². The smallest absolute Gasteiger partial charge is 0.383 e. The highest BCUT2D eigenvalue weighted by atomic mass is 19.4. The molecular weight excluding hydrogens is 397 g/mol. The number of amides is 1. The zero-order valence-corrected chi connectivity index (χ0v) is 16.1. The number of carbonyl (C=O) groups excluding carboxylic acids is 1. The molecule has 1 aliphatic rings. The molecule has 1 aliphatic heterocycles. The van der Waals surface area contributed by atoms with E-state index < -0.39 is 11.7 Å². The first-order chi connectivity index (χ1) is 14.2. The molecule has 7 nitrogen and oxygen atoms in total. The van der Waals surface area contributed by atoms with Crippen molar-refractivity contribution >= 4 is 22.8 Å². The molecule has 4 rings (SSSR count). The van der Waals surface area contributed by atoms with Crippen LogP contribution in [-0.4, -0.2) is 43.8 Å². The summed E-state index contributed by atoms with van der Waals surface area (Å²) in [5.74, 6) is -0.610. The van der Waals surface area contributed by atoms with Gasteiger partial charge in [0.2, 0.25) is 0 Å². The molecule has 1 unspecified atom stereocenters. The number of hydrogen-bond donors (Lipinski definition) is 1. The number of aromatic nitrogens is 4. The molecule has 1 fully saturated rings. The molecule has 0 radical (unpaired) electrons. The summed E-state index contributed by atoms with van der Waals surface area (Å²) in [7, 11) is 0. The molecule has 10 heteroatoms. The Hall–Kier alpha value is -3.30. The number of aryl methyl sites for hydroxylation is 1. The largest absolute Gasteiger partial charge is 0.417 e. The van der Waals surface area contributed by atoms with Crippen LogP contribution in [0.2, 0.25) is 0 Å². The Morgan fingerprint density at radius 2 is 2.03 bits per heavy atom. The van der Waals surface area contributed by atoms with Crippen LogP contribution < -0.4 is 5.73 Å². The number of anilines is 1. The third-order valence-electron chi connectivity index (χ3n) is 5.14. The maximum atomic E-state index is 13.8. The van der Waals surface area contributed by atoms with E-state index >= 15 is 0 Å². The van der Waals surface area contributed by atoms with E-state index in [-0.39, 0.29) is 46.7 Å². The lowest BCUT2D eigenvalue weighted by molar-refractivity contribution is -0.136. The van der Waals surface area contributed by atoms with Crippen LogP contribution in [0.15, 0.2) is 30.5 Å². The Labute approximate surface area is 170 Å². The number of alkyl halides is 3. The van der Waals surface area contributed by atoms with Crippen LogP contribution >= 0.6 is 0 Å². The number of halogens is 3. The molecule has 3 aromatic rings. The van der Waals surface area contributed by atoms with Crippen molar-refractivity contribution in [3.8, 4) is 0 Å². The number of nitrogen functional groups attached to an aromatic ring is 1. The molecule has 2 N–H and O–H groups in total. The Morgan fingerprint density at radius 3 is 2.73 bits per heavy atom. The van der Waals surface area contributed by atoms with E-state index in [1.807, 2.05) is 0 Å². The summed E-state index contributed by atoms with van der Waals surface area (Å²) in [6.45, 7) is 2.32. The van der Waals surface area contributed by atoms with Crippen molar-refractivity contribution in [1.82, 2.24) is 24.8 Å². The molecule has 3 aromatic heterocycles. The summed E-state index contributed by atoms with van der Waals surface area (Å²) in [5, 5.41) is -0.297. The number of hydrogen-bond acceptors (Lipinski definition) is 6. The Morgan fingerprint density at radius 1 is 1.23 bits per heavy atom. The molecule has 0 spiro atoms. The van der Waals surface area contributed by atoms with E-state index in [9.17, 15) is 18.0 Å². The molecule has 1 saturated heterocycles. The van der Waals surface area contributed by atoms with Crippen molar-refractivity contribution in [2.24, 2.45) is 0 Å². The molecule has 1 atom stereocenters. The molecule has 1 amide bonds. The van der Waals surface area contributed by atoms with Gasteiger partial charge in [-0.25, -0.2) is 15.0 Å². The van der Waals surface area contributed by atoms with Crippen LogP contribution in [-0.2, 0) is 6.18 Å². The van der Waals surface area contributed by atoms with Gasteiger partial charge in [0.1, 0.15) is 17.3 Å². The summed E-state index contributed by atoms with van der Waals surface area (Å²) < 4.78 is 41.3. The highest BCUT2D eigenvalue weighted by Crippen LogP contribution is 2.38. The lowest BCUT2D eigenvalue weighted by Crippen LogP contribution is -2.39. The minimum absolute atomic E-state index is 0.0852. The summed E-state index contributed by atoms with van der Waals surface area (Å²) in [6, 6.07) is 6.05. The monoisotopic (exact) mass is 416 g/mol. The van der Waals surface area contributed by atoms with Crippen LogP contribution in [0.1, 0.15) is 46.3 Å². The fourth-order valence-corrected chi connectivity index (χ4v) is 3.78. The third kappa shape index (κ3) is 3.77. The number of pyridine rings is 2. The van der Waals surface area contributed by atoms with Gasteiger partial charge >= 0.3 is 6.18 Å². The van der Waals surface area contributed by atoms with Crippen molar-refractivity contribution in [2.75, 3.05) is 18.8 Å². The van der Waals surface area contributed by atoms with Crippen molar-refractivity contribution < 1.29 is 18.0 Å². The SMILES string of the molecule is Cc1nc(N)c2c(C(F)(F)F)cc(C3CCCN(C(=O)c4ccccn4)C3)nc2n1. The molecule has 30 heavy (non-hydrogen) atoms. The molecule has 0 saturated carbocycles. The zero-order valence-electron chi connectivity index (χ0n) is 16.1. The first kappa shape index (κ1) is 20.0. The highest BCUT2D eigenvalue weighted by molar-refractivity contribution is 5.92. The van der Waals surface area contributed by atoms with Crippen LogP contribution in [0.5, 0.6) is 0 Å². The molecule has 0 bridgehead atoms. The second kappa shape index (κ2) is 7.51. The fraction of sp³-hybridized carbons (Fsp3) is 0.350. The number of carbonyl (C=O) groups is 1. The van der Waals surface area contributed by atoms with Crippen LogP contribution in [0, 0.1) is 6.92 Å². The predicted molar refractivity (Wildman–Crippen MR) is 104 cm³/mol. The van der Waals surface area contributed by atoms with Gasteiger partial charge in [-0.15, -0.1) is 0 Å². The highest BCUT2D eigenvalue weighted by Gasteiger charge is 2.36. The van der Waals surface area contributed by atoms with E-state index in [1.54, 1.807) is 30.0 Å². The van der Waals surface area contributed by atoms with E-state index in [2.05, 4.69) is 19.9 Å². The maximum absolute atomic E-state index is 13.8. The summed E-state index contributed by atoms with van der Waals surface area (Å²) >= 11 is 0. The fourth-order valence-electron chi connectivity index (χ4n) is 3.78. The topological polar surface area (TPSA) is 97.9 Å². The Balaban J connectivity index is 1.73. The second-order valence-electron chi connectivity index (χ2n) is 7.25. The average molecular weight is 416 g/mol. The summed E-state index contributed by atoms with van der Waals surface area (Å²) in [4.78, 5) is 30.7. The molecule has 0 aliphatic carbocycles. The number of nitrogens with two attached hydrogens (primary N) is 1.